The van der Waals surface area contributed by atoms with Crippen molar-refractivity contribution in [2.45, 2.75) is 6.54 Å². The van der Waals surface area contributed by atoms with Crippen LogP contribution in [0.15, 0.2) is 48.5 Å². The first-order valence-corrected chi connectivity index (χ1v) is 12.1. The zero-order valence-electron chi connectivity index (χ0n) is 20.1. The second-order valence-electron chi connectivity index (χ2n) is 8.27. The minimum atomic E-state index is -0.545. The fourth-order valence-electron chi connectivity index (χ4n) is 4.10. The van der Waals surface area contributed by atoms with E-state index in [1.54, 1.807) is 42.0 Å². The van der Waals surface area contributed by atoms with Gasteiger partial charge in [0.25, 0.3) is 5.91 Å². The number of ether oxygens (including phenoxy) is 2. The largest absolute Gasteiger partial charge is 0.465 e. The van der Waals surface area contributed by atoms with Crippen LogP contribution in [0.2, 0.25) is 10.0 Å². The van der Waals surface area contributed by atoms with Gasteiger partial charge in [-0.25, -0.2) is 19.2 Å². The Morgan fingerprint density at radius 2 is 1.87 bits per heavy atom. The fourth-order valence-corrected chi connectivity index (χ4v) is 4.62. The van der Waals surface area contributed by atoms with E-state index >= 15 is 0 Å². The van der Waals surface area contributed by atoms with E-state index in [1.165, 1.54) is 25.3 Å². The Hall–Kier alpha value is -3.99. The minimum Gasteiger partial charge on any atom is -0.465 e. The Kier molecular flexibility index (Phi) is 7.02. The van der Waals surface area contributed by atoms with Crippen molar-refractivity contribution in [3.05, 3.63) is 75.5 Å². The van der Waals surface area contributed by atoms with Crippen LogP contribution in [0.5, 0.6) is 0 Å². The molecule has 0 aliphatic heterocycles. The summed E-state index contributed by atoms with van der Waals surface area (Å²) < 4.78 is 26.2. The van der Waals surface area contributed by atoms with E-state index in [0.29, 0.717) is 40.8 Å². The summed E-state index contributed by atoms with van der Waals surface area (Å²) in [5.74, 6) is -1.09. The molecule has 3 aromatic carbocycles. The quantitative estimate of drug-likeness (QED) is 0.249. The van der Waals surface area contributed by atoms with Gasteiger partial charge in [-0.15, -0.1) is 0 Å². The Labute approximate surface area is 225 Å². The summed E-state index contributed by atoms with van der Waals surface area (Å²) in [6.07, 6.45) is 0. The molecule has 2 heterocycles. The van der Waals surface area contributed by atoms with Crippen LogP contribution in [0.4, 0.5) is 10.3 Å². The van der Waals surface area contributed by atoms with Crippen molar-refractivity contribution in [1.82, 2.24) is 19.5 Å². The molecular weight excluding hydrogens is 536 g/mol. The van der Waals surface area contributed by atoms with Crippen molar-refractivity contribution in [2.24, 2.45) is 0 Å². The number of anilines is 1. The Bertz CT molecular complexity index is 1700. The lowest BCUT2D eigenvalue weighted by atomic mass is 10.2. The molecule has 0 saturated heterocycles. The maximum Gasteiger partial charge on any atom is 0.337 e. The number of H-pyrrole nitrogens is 1. The molecule has 0 saturated carbocycles. The van der Waals surface area contributed by atoms with E-state index in [-0.39, 0.29) is 32.9 Å². The summed E-state index contributed by atoms with van der Waals surface area (Å²) in [6, 6.07) is 12.3. The molecule has 2 N–H and O–H groups in total. The van der Waals surface area contributed by atoms with Gasteiger partial charge in [0, 0.05) is 19.2 Å². The number of hydrogen-bond acceptors (Lipinski definition) is 6. The number of amides is 1. The third-order valence-electron chi connectivity index (χ3n) is 5.92. The molecule has 0 unspecified atom stereocenters. The van der Waals surface area contributed by atoms with Gasteiger partial charge in [-0.3, -0.25) is 10.1 Å². The highest BCUT2D eigenvalue weighted by molar-refractivity contribution is 6.36. The van der Waals surface area contributed by atoms with E-state index < -0.39 is 17.7 Å². The smallest absolute Gasteiger partial charge is 0.337 e. The van der Waals surface area contributed by atoms with E-state index in [4.69, 9.17) is 32.7 Å². The number of nitrogens with one attached hydrogen (secondary N) is 2. The lowest BCUT2D eigenvalue weighted by Crippen LogP contribution is -2.17. The van der Waals surface area contributed by atoms with Crippen LogP contribution < -0.4 is 5.32 Å². The number of aromatic nitrogens is 4. The van der Waals surface area contributed by atoms with Crippen LogP contribution in [-0.4, -0.2) is 52.2 Å². The molecule has 0 aliphatic carbocycles. The molecule has 5 rings (SSSR count). The van der Waals surface area contributed by atoms with Gasteiger partial charge in [-0.1, -0.05) is 29.3 Å². The molecule has 0 radical (unpaired) electrons. The van der Waals surface area contributed by atoms with Crippen molar-refractivity contribution in [3.63, 3.8) is 0 Å². The summed E-state index contributed by atoms with van der Waals surface area (Å²) in [7, 11) is 2.86. The highest BCUT2D eigenvalue weighted by Gasteiger charge is 2.20. The van der Waals surface area contributed by atoms with E-state index in [1.807, 2.05) is 0 Å². The number of esters is 1. The van der Waals surface area contributed by atoms with Crippen LogP contribution in [-0.2, 0) is 16.0 Å². The summed E-state index contributed by atoms with van der Waals surface area (Å²) in [5.41, 5.74) is 2.62. The predicted octanol–water partition coefficient (Wildman–Crippen LogP) is 5.71. The van der Waals surface area contributed by atoms with Crippen molar-refractivity contribution in [3.8, 4) is 11.4 Å². The zero-order valence-corrected chi connectivity index (χ0v) is 21.7. The van der Waals surface area contributed by atoms with Gasteiger partial charge in [0.1, 0.15) is 17.2 Å². The molecule has 0 fully saturated rings. The minimum absolute atomic E-state index is 0.102. The summed E-state index contributed by atoms with van der Waals surface area (Å²) >= 11 is 12.6. The lowest BCUT2D eigenvalue weighted by Gasteiger charge is -2.10. The summed E-state index contributed by atoms with van der Waals surface area (Å²) in [6.45, 7) is 0.758. The van der Waals surface area contributed by atoms with Crippen LogP contribution in [0.1, 0.15) is 20.7 Å². The molecule has 0 spiro atoms. The highest BCUT2D eigenvalue weighted by Crippen LogP contribution is 2.33. The first-order chi connectivity index (χ1) is 18.3. The fraction of sp³-hybridized carbons (Fsp3) is 0.154. The Morgan fingerprint density at radius 3 is 2.61 bits per heavy atom. The average molecular weight is 556 g/mol. The van der Waals surface area contributed by atoms with Crippen LogP contribution in [0.25, 0.3) is 33.5 Å². The van der Waals surface area contributed by atoms with Gasteiger partial charge in [-0.05, 0) is 42.5 Å². The highest BCUT2D eigenvalue weighted by atomic mass is 35.5. The van der Waals surface area contributed by atoms with Gasteiger partial charge in [0.2, 0.25) is 5.95 Å². The number of nitrogens with zero attached hydrogens (tertiary/aromatic N) is 3. The molecule has 1 amide bonds. The first kappa shape index (κ1) is 25.7. The molecule has 2 aromatic heterocycles. The average Bonchev–Trinajstić information content (AvgIpc) is 3.47. The van der Waals surface area contributed by atoms with Crippen LogP contribution in [0.3, 0.4) is 0 Å². The normalized spacial score (nSPS) is 11.3. The van der Waals surface area contributed by atoms with E-state index in [0.717, 1.165) is 0 Å². The van der Waals surface area contributed by atoms with Crippen LogP contribution in [0, 0.1) is 5.82 Å². The maximum absolute atomic E-state index is 14.4. The summed E-state index contributed by atoms with van der Waals surface area (Å²) in [4.78, 5) is 37.1. The number of carbonyl (C=O) groups is 2. The monoisotopic (exact) mass is 555 g/mol. The second kappa shape index (κ2) is 10.4. The van der Waals surface area contributed by atoms with Crippen molar-refractivity contribution in [2.75, 3.05) is 26.1 Å². The van der Waals surface area contributed by atoms with Crippen LogP contribution >= 0.6 is 23.2 Å². The first-order valence-electron chi connectivity index (χ1n) is 11.3. The van der Waals surface area contributed by atoms with Gasteiger partial charge in [0.15, 0.2) is 0 Å². The van der Waals surface area contributed by atoms with Gasteiger partial charge in [-0.2, -0.15) is 0 Å². The number of halogens is 3. The summed E-state index contributed by atoms with van der Waals surface area (Å²) in [5, 5.41) is 3.18. The van der Waals surface area contributed by atoms with Gasteiger partial charge >= 0.3 is 5.97 Å². The van der Waals surface area contributed by atoms with E-state index in [9.17, 15) is 14.0 Å². The molecule has 0 bridgehead atoms. The standard InChI is InChI=1S/C26H20Cl2FN5O4/c1-37-9-8-34-20-7-6-13(25(36)38-2)11-18(20)31-26(34)33-24(35)14-10-16(28)22-19(12-14)30-23(32-22)21-15(27)4-3-5-17(21)29/h3-7,10-12H,8-9H2,1-2H3,(H,30,32)(H,31,33,35). The Morgan fingerprint density at radius 1 is 1.05 bits per heavy atom. The second-order valence-corrected chi connectivity index (χ2v) is 9.08. The number of benzene rings is 3. The lowest BCUT2D eigenvalue weighted by molar-refractivity contribution is 0.0600. The number of hydrogen-bond donors (Lipinski definition) is 2. The van der Waals surface area contributed by atoms with Gasteiger partial charge < -0.3 is 19.0 Å². The van der Waals surface area contributed by atoms with E-state index in [2.05, 4.69) is 20.3 Å². The third-order valence-corrected chi connectivity index (χ3v) is 6.52. The number of imidazole rings is 2. The molecule has 38 heavy (non-hydrogen) atoms. The molecule has 0 atom stereocenters. The third kappa shape index (κ3) is 4.69. The topological polar surface area (TPSA) is 111 Å². The maximum atomic E-state index is 14.4. The number of fused-ring (bicyclic) bond motifs is 2. The molecular formula is C26H20Cl2FN5O4. The van der Waals surface area contributed by atoms with Crippen molar-refractivity contribution < 1.29 is 23.5 Å². The number of carbonyl (C=O) groups excluding carboxylic acids is 2. The SMILES string of the molecule is COCCn1c(NC(=O)c2cc(Cl)c3nc(-c4c(F)cccc4Cl)[nH]c3c2)nc2cc(C(=O)OC)ccc21. The zero-order chi connectivity index (χ0) is 27.0. The molecule has 9 nitrogen and oxygen atoms in total. The Balaban J connectivity index is 1.51. The molecule has 12 heteroatoms. The molecule has 5 aromatic rings. The van der Waals surface area contributed by atoms with Crippen molar-refractivity contribution >= 4 is 63.1 Å². The van der Waals surface area contributed by atoms with Gasteiger partial charge in [0.05, 0.1) is 51.4 Å². The number of rotatable bonds is 7. The molecule has 194 valence electrons. The number of aromatic amines is 1. The predicted molar refractivity (Wildman–Crippen MR) is 142 cm³/mol. The number of methoxy groups -OCH3 is 2. The van der Waals surface area contributed by atoms with Crippen molar-refractivity contribution in [1.29, 1.82) is 0 Å². The molecule has 0 aliphatic rings.